The van der Waals surface area contributed by atoms with Crippen LogP contribution >= 0.6 is 0 Å². The molecule has 0 amide bonds. The van der Waals surface area contributed by atoms with Gasteiger partial charge in [0, 0.05) is 6.08 Å². The minimum atomic E-state index is -0.137. The van der Waals surface area contributed by atoms with Crippen LogP contribution in [0.5, 0.6) is 5.75 Å². The Bertz CT molecular complexity index is 669. The third kappa shape index (κ3) is 3.17. The molecule has 1 aliphatic rings. The van der Waals surface area contributed by atoms with E-state index in [1.807, 2.05) is 49.0 Å². The van der Waals surface area contributed by atoms with Gasteiger partial charge in [-0.3, -0.25) is 0 Å². The molecule has 1 aromatic carbocycles. The Morgan fingerprint density at radius 1 is 1.00 bits per heavy atom. The van der Waals surface area contributed by atoms with Gasteiger partial charge in [0.2, 0.25) is 0 Å². The Morgan fingerprint density at radius 2 is 1.54 bits per heavy atom. The van der Waals surface area contributed by atoms with E-state index in [1.54, 1.807) is 21.3 Å². The lowest BCUT2D eigenvalue weighted by atomic mass is 9.89. The molecule has 128 valence electrons. The summed E-state index contributed by atoms with van der Waals surface area (Å²) < 4.78 is 16.6. The minimum absolute atomic E-state index is 0.137. The number of allylic oxidation sites excluding steroid dienone is 2. The number of benzene rings is 1. The van der Waals surface area contributed by atoms with E-state index < -0.39 is 0 Å². The first-order valence-corrected chi connectivity index (χ1v) is 7.69. The normalized spacial score (nSPS) is 15.3. The average molecular weight is 329 g/mol. The van der Waals surface area contributed by atoms with Crippen LogP contribution < -0.4 is 4.74 Å². The third-order valence-electron chi connectivity index (χ3n) is 4.29. The molecular weight excluding hydrogens is 306 g/mol. The molecule has 0 saturated carbocycles. The van der Waals surface area contributed by atoms with Gasteiger partial charge in [-0.15, -0.1) is 0 Å². The SMILES string of the molecule is COC1=C(C)N(CC=C=O)C(C)=C(OC)C1c1ccc(OC)cc1. The summed E-state index contributed by atoms with van der Waals surface area (Å²) in [5.41, 5.74) is 2.94. The highest BCUT2D eigenvalue weighted by molar-refractivity contribution is 5.47. The molecule has 0 unspecified atom stereocenters. The smallest absolute Gasteiger partial charge is 0.130 e. The van der Waals surface area contributed by atoms with Crippen LogP contribution in [-0.4, -0.2) is 38.7 Å². The molecule has 0 atom stereocenters. The van der Waals surface area contributed by atoms with Crippen LogP contribution in [0.25, 0.3) is 0 Å². The highest BCUT2D eigenvalue weighted by atomic mass is 16.5. The standard InChI is InChI=1S/C19H23NO4/c1-13-18(23-4)17(15-7-9-16(22-3)10-8-15)19(24-5)14(2)20(13)11-6-12-21/h6-10,17H,11H2,1-5H3. The first-order chi connectivity index (χ1) is 11.6. The molecule has 0 saturated heterocycles. The Balaban J connectivity index is 2.55. The largest absolute Gasteiger partial charge is 0.498 e. The van der Waals surface area contributed by atoms with E-state index in [2.05, 4.69) is 0 Å². The number of rotatable bonds is 6. The first kappa shape index (κ1) is 17.7. The maximum absolute atomic E-state index is 10.6. The van der Waals surface area contributed by atoms with Crippen LogP contribution in [0.3, 0.4) is 0 Å². The summed E-state index contributed by atoms with van der Waals surface area (Å²) in [4.78, 5) is 12.6. The van der Waals surface area contributed by atoms with Crippen molar-refractivity contribution in [1.82, 2.24) is 4.90 Å². The first-order valence-electron chi connectivity index (χ1n) is 7.69. The fraction of sp³-hybridized carbons (Fsp3) is 0.368. The Hall–Kier alpha value is -2.65. The van der Waals surface area contributed by atoms with E-state index in [1.165, 1.54) is 6.08 Å². The van der Waals surface area contributed by atoms with Crippen molar-refractivity contribution in [2.75, 3.05) is 27.9 Å². The zero-order chi connectivity index (χ0) is 17.7. The molecule has 5 heteroatoms. The zero-order valence-electron chi connectivity index (χ0n) is 14.8. The molecule has 0 N–H and O–H groups in total. The summed E-state index contributed by atoms with van der Waals surface area (Å²) in [5, 5.41) is 0. The molecule has 5 nitrogen and oxygen atoms in total. The van der Waals surface area contributed by atoms with E-state index in [9.17, 15) is 4.79 Å². The summed E-state index contributed by atoms with van der Waals surface area (Å²) in [6.07, 6.45) is 1.45. The molecule has 0 bridgehead atoms. The van der Waals surface area contributed by atoms with Gasteiger partial charge in [-0.05, 0) is 31.5 Å². The highest BCUT2D eigenvalue weighted by Crippen LogP contribution is 2.42. The summed E-state index contributed by atoms with van der Waals surface area (Å²) >= 11 is 0. The van der Waals surface area contributed by atoms with E-state index in [0.29, 0.717) is 6.54 Å². The average Bonchev–Trinajstić information content (AvgIpc) is 2.61. The van der Waals surface area contributed by atoms with Crippen molar-refractivity contribution in [3.05, 3.63) is 58.8 Å². The van der Waals surface area contributed by atoms with Gasteiger partial charge in [0.25, 0.3) is 0 Å². The summed E-state index contributed by atoms with van der Waals surface area (Å²) in [6.45, 7) is 4.38. The lowest BCUT2D eigenvalue weighted by Crippen LogP contribution is -2.31. The van der Waals surface area contributed by atoms with Gasteiger partial charge < -0.3 is 19.1 Å². The second-order valence-corrected chi connectivity index (χ2v) is 5.45. The predicted molar refractivity (Wildman–Crippen MR) is 92.1 cm³/mol. The van der Waals surface area contributed by atoms with Crippen LogP contribution in [0.1, 0.15) is 25.3 Å². The fourth-order valence-electron chi connectivity index (χ4n) is 3.09. The molecule has 1 heterocycles. The van der Waals surface area contributed by atoms with Crippen molar-refractivity contribution in [1.29, 1.82) is 0 Å². The summed E-state index contributed by atoms with van der Waals surface area (Å²) in [6, 6.07) is 7.84. The summed E-state index contributed by atoms with van der Waals surface area (Å²) in [5.74, 6) is 4.07. The van der Waals surface area contributed by atoms with Gasteiger partial charge in [0.1, 0.15) is 29.1 Å². The lowest BCUT2D eigenvalue weighted by Gasteiger charge is -2.37. The second kappa shape index (κ2) is 7.75. The van der Waals surface area contributed by atoms with Crippen molar-refractivity contribution >= 4 is 5.94 Å². The molecule has 24 heavy (non-hydrogen) atoms. The van der Waals surface area contributed by atoms with E-state index >= 15 is 0 Å². The number of carbonyl (C=O) groups excluding carboxylic acids is 1. The van der Waals surface area contributed by atoms with E-state index in [0.717, 1.165) is 34.2 Å². The molecule has 1 aromatic rings. The van der Waals surface area contributed by atoms with Crippen molar-refractivity contribution < 1.29 is 19.0 Å². The maximum atomic E-state index is 10.6. The molecular formula is C19H23NO4. The van der Waals surface area contributed by atoms with Crippen molar-refractivity contribution in [3.63, 3.8) is 0 Å². The van der Waals surface area contributed by atoms with Crippen molar-refractivity contribution in [2.24, 2.45) is 0 Å². The van der Waals surface area contributed by atoms with Gasteiger partial charge in [-0.1, -0.05) is 12.1 Å². The van der Waals surface area contributed by atoms with Crippen molar-refractivity contribution in [2.45, 2.75) is 19.8 Å². The summed E-state index contributed by atoms with van der Waals surface area (Å²) in [7, 11) is 4.94. The fourth-order valence-corrected chi connectivity index (χ4v) is 3.09. The van der Waals surface area contributed by atoms with Crippen LogP contribution in [0.15, 0.2) is 53.3 Å². The lowest BCUT2D eigenvalue weighted by molar-refractivity contribution is 0.185. The topological polar surface area (TPSA) is 48.0 Å². The van der Waals surface area contributed by atoms with Gasteiger partial charge in [-0.25, -0.2) is 4.79 Å². The molecule has 0 fully saturated rings. The monoisotopic (exact) mass is 329 g/mol. The molecule has 0 spiro atoms. The second-order valence-electron chi connectivity index (χ2n) is 5.45. The van der Waals surface area contributed by atoms with Crippen LogP contribution in [-0.2, 0) is 14.3 Å². The molecule has 0 aliphatic carbocycles. The highest BCUT2D eigenvalue weighted by Gasteiger charge is 2.34. The van der Waals surface area contributed by atoms with Crippen molar-refractivity contribution in [3.8, 4) is 5.75 Å². The Labute approximate surface area is 142 Å². The quantitative estimate of drug-likeness (QED) is 0.750. The van der Waals surface area contributed by atoms with Crippen LogP contribution in [0, 0.1) is 0 Å². The number of hydrogen-bond acceptors (Lipinski definition) is 5. The number of nitrogens with zero attached hydrogens (tertiary/aromatic N) is 1. The van der Waals surface area contributed by atoms with Crippen LogP contribution in [0.2, 0.25) is 0 Å². The predicted octanol–water partition coefficient (Wildman–Crippen LogP) is 3.24. The Kier molecular flexibility index (Phi) is 5.72. The molecule has 1 aliphatic heterocycles. The Morgan fingerprint density at radius 3 is 1.96 bits per heavy atom. The molecule has 0 aromatic heterocycles. The molecule has 2 rings (SSSR count). The van der Waals surface area contributed by atoms with Gasteiger partial charge in [-0.2, -0.15) is 0 Å². The number of ether oxygens (including phenoxy) is 3. The van der Waals surface area contributed by atoms with Crippen LogP contribution in [0.4, 0.5) is 0 Å². The van der Waals surface area contributed by atoms with Gasteiger partial charge in [0.15, 0.2) is 0 Å². The number of methoxy groups -OCH3 is 3. The van der Waals surface area contributed by atoms with Gasteiger partial charge in [0.05, 0.1) is 39.3 Å². The van der Waals surface area contributed by atoms with E-state index in [-0.39, 0.29) is 5.92 Å². The molecule has 0 radical (unpaired) electrons. The number of hydrogen-bond donors (Lipinski definition) is 0. The zero-order valence-corrected chi connectivity index (χ0v) is 14.8. The third-order valence-corrected chi connectivity index (χ3v) is 4.29. The minimum Gasteiger partial charge on any atom is -0.498 e. The maximum Gasteiger partial charge on any atom is 0.130 e. The van der Waals surface area contributed by atoms with E-state index in [4.69, 9.17) is 14.2 Å². The van der Waals surface area contributed by atoms with Gasteiger partial charge >= 0.3 is 0 Å².